The highest BCUT2D eigenvalue weighted by atomic mass is 32.1. The van der Waals surface area contributed by atoms with Gasteiger partial charge in [0.2, 0.25) is 5.95 Å². The first-order chi connectivity index (χ1) is 16.0. The number of thiazole rings is 1. The molecular formula is C24H34N6O3S. The van der Waals surface area contributed by atoms with E-state index in [0.29, 0.717) is 24.7 Å². The van der Waals surface area contributed by atoms with Crippen LogP contribution in [0.1, 0.15) is 44.3 Å². The lowest BCUT2D eigenvalue weighted by Crippen LogP contribution is -2.36. The van der Waals surface area contributed by atoms with Crippen molar-refractivity contribution in [2.45, 2.75) is 66.2 Å². The fourth-order valence-electron chi connectivity index (χ4n) is 4.32. The maximum atomic E-state index is 10.6. The molecule has 1 aliphatic carbocycles. The van der Waals surface area contributed by atoms with E-state index in [1.807, 2.05) is 26.8 Å². The van der Waals surface area contributed by atoms with Gasteiger partial charge in [0.25, 0.3) is 0 Å². The summed E-state index contributed by atoms with van der Waals surface area (Å²) in [6.45, 7) is 12.7. The first-order valence-corrected chi connectivity index (χ1v) is 12.4. The van der Waals surface area contributed by atoms with Crippen molar-refractivity contribution in [1.82, 2.24) is 19.9 Å². The number of aliphatic hydroxyl groups is 3. The number of fused-ring (bicyclic) bond motifs is 1. The van der Waals surface area contributed by atoms with Crippen molar-refractivity contribution < 1.29 is 15.3 Å². The molecule has 0 aromatic carbocycles. The van der Waals surface area contributed by atoms with Gasteiger partial charge in [-0.3, -0.25) is 4.98 Å². The van der Waals surface area contributed by atoms with Gasteiger partial charge >= 0.3 is 0 Å². The third-order valence-corrected chi connectivity index (χ3v) is 7.14. The minimum absolute atomic E-state index is 0.0407. The van der Waals surface area contributed by atoms with Crippen LogP contribution in [-0.4, -0.2) is 66.7 Å². The van der Waals surface area contributed by atoms with Crippen LogP contribution in [0.5, 0.6) is 0 Å². The van der Waals surface area contributed by atoms with E-state index < -0.39 is 24.2 Å². The van der Waals surface area contributed by atoms with E-state index >= 15 is 0 Å². The van der Waals surface area contributed by atoms with Crippen LogP contribution in [0.2, 0.25) is 0 Å². The van der Waals surface area contributed by atoms with E-state index in [4.69, 9.17) is 15.0 Å². The molecule has 0 aliphatic heterocycles. The summed E-state index contributed by atoms with van der Waals surface area (Å²) in [7, 11) is 0. The zero-order valence-corrected chi connectivity index (χ0v) is 21.4. The van der Waals surface area contributed by atoms with Gasteiger partial charge in [0, 0.05) is 24.8 Å². The highest BCUT2D eigenvalue weighted by Crippen LogP contribution is 2.38. The molecule has 0 saturated heterocycles. The van der Waals surface area contributed by atoms with E-state index in [9.17, 15) is 15.3 Å². The number of nitrogens with zero attached hydrogens (tertiary/aromatic N) is 4. The molecule has 4 atom stereocenters. The van der Waals surface area contributed by atoms with Crippen LogP contribution in [0, 0.1) is 32.1 Å². The molecule has 0 bridgehead atoms. The monoisotopic (exact) mass is 486 g/mol. The van der Waals surface area contributed by atoms with Crippen LogP contribution in [0.25, 0.3) is 20.8 Å². The third kappa shape index (κ3) is 5.00. The Balaban J connectivity index is 1.78. The minimum Gasteiger partial charge on any atom is -0.396 e. The van der Waals surface area contributed by atoms with Crippen molar-refractivity contribution in [2.75, 3.05) is 23.8 Å². The van der Waals surface area contributed by atoms with Gasteiger partial charge in [0.1, 0.15) is 22.4 Å². The van der Waals surface area contributed by atoms with E-state index in [1.165, 1.54) is 0 Å². The van der Waals surface area contributed by atoms with Crippen LogP contribution in [-0.2, 0) is 0 Å². The Morgan fingerprint density at radius 2 is 1.76 bits per heavy atom. The Labute approximate surface area is 203 Å². The molecule has 10 heteroatoms. The molecule has 1 saturated carbocycles. The fraction of sp³-hybridized carbons (Fsp3) is 0.583. The molecule has 5 N–H and O–H groups in total. The molecule has 0 spiro atoms. The number of nitrogens with one attached hydrogen (secondary N) is 2. The average molecular weight is 487 g/mol. The van der Waals surface area contributed by atoms with E-state index in [0.717, 1.165) is 37.9 Å². The zero-order chi connectivity index (χ0) is 24.8. The summed E-state index contributed by atoms with van der Waals surface area (Å²) in [6.07, 6.45) is -1.59. The van der Waals surface area contributed by atoms with Gasteiger partial charge in [-0.05, 0) is 38.7 Å². The molecule has 34 heavy (non-hydrogen) atoms. The van der Waals surface area contributed by atoms with Crippen LogP contribution in [0.15, 0.2) is 6.07 Å². The first-order valence-electron chi connectivity index (χ1n) is 11.6. The Morgan fingerprint density at radius 1 is 1.03 bits per heavy atom. The van der Waals surface area contributed by atoms with Crippen LogP contribution in [0.4, 0.5) is 11.8 Å². The van der Waals surface area contributed by atoms with Crippen LogP contribution >= 0.6 is 11.3 Å². The maximum absolute atomic E-state index is 10.6. The predicted octanol–water partition coefficient (Wildman–Crippen LogP) is 3.05. The number of hydrogen-bond acceptors (Lipinski definition) is 10. The smallest absolute Gasteiger partial charge is 0.224 e. The molecule has 3 aromatic rings. The van der Waals surface area contributed by atoms with Gasteiger partial charge in [0.05, 0.1) is 33.8 Å². The molecule has 1 aliphatic rings. The predicted molar refractivity (Wildman–Crippen MR) is 135 cm³/mol. The van der Waals surface area contributed by atoms with Gasteiger partial charge < -0.3 is 26.0 Å². The van der Waals surface area contributed by atoms with Gasteiger partial charge in [-0.2, -0.15) is 4.98 Å². The molecular weight excluding hydrogens is 452 g/mol. The van der Waals surface area contributed by atoms with Crippen molar-refractivity contribution >= 4 is 33.3 Å². The Bertz CT molecular complexity index is 1190. The number of aryl methyl sites for hydroxylation is 3. The Kier molecular flexibility index (Phi) is 6.78. The van der Waals surface area contributed by atoms with Crippen LogP contribution in [0.3, 0.4) is 0 Å². The Morgan fingerprint density at radius 3 is 2.41 bits per heavy atom. The van der Waals surface area contributed by atoms with Gasteiger partial charge in [0.15, 0.2) is 0 Å². The maximum Gasteiger partial charge on any atom is 0.224 e. The summed E-state index contributed by atoms with van der Waals surface area (Å²) in [4.78, 5) is 18.9. The standard InChI is InChI=1S/C24H34N6O3S/c1-11-7-16-18(13(3)26-11)29-22(34-16)17-12(2)27-23(25-10-24(4,5)6)30-21(17)28-15-8-14(9-31)19(32)20(15)33/h7,14-15,19-20,31-33H,8-10H2,1-6H3,(H2,25,27,28,30)/t14-,15-,19-,20+/m1/s1. The van der Waals surface area contributed by atoms with Gasteiger partial charge in [-0.1, -0.05) is 20.8 Å². The average Bonchev–Trinajstić information content (AvgIpc) is 3.28. The normalized spacial score (nSPS) is 23.0. The summed E-state index contributed by atoms with van der Waals surface area (Å²) in [6, 6.07) is 1.56. The Hall–Kier alpha value is -2.40. The van der Waals surface area contributed by atoms with E-state index in [1.54, 1.807) is 11.3 Å². The third-order valence-electron chi connectivity index (χ3n) is 6.12. The molecule has 1 fully saturated rings. The SMILES string of the molecule is Cc1cc2sc(-c3c(C)nc(NCC(C)(C)C)nc3N[C@@H]3C[C@H](CO)[C@@H](O)[C@H]3O)nc2c(C)n1. The van der Waals surface area contributed by atoms with E-state index in [2.05, 4.69) is 36.4 Å². The molecule has 184 valence electrons. The zero-order valence-electron chi connectivity index (χ0n) is 20.5. The lowest BCUT2D eigenvalue weighted by atomic mass is 9.97. The quantitative estimate of drug-likeness (QED) is 0.356. The molecule has 0 amide bonds. The summed E-state index contributed by atoms with van der Waals surface area (Å²) < 4.78 is 1.04. The molecule has 3 aromatic heterocycles. The van der Waals surface area contributed by atoms with Gasteiger partial charge in [-0.25, -0.2) is 9.97 Å². The lowest BCUT2D eigenvalue weighted by molar-refractivity contribution is 0.00446. The second kappa shape index (κ2) is 9.33. The molecule has 4 rings (SSSR count). The highest BCUT2D eigenvalue weighted by molar-refractivity contribution is 7.21. The van der Waals surface area contributed by atoms with Crippen molar-refractivity contribution in [3.05, 3.63) is 23.1 Å². The molecule has 9 nitrogen and oxygen atoms in total. The topological polar surface area (TPSA) is 136 Å². The minimum atomic E-state index is -1.02. The molecule has 0 radical (unpaired) electrons. The van der Waals surface area contributed by atoms with Crippen LogP contribution < -0.4 is 10.6 Å². The summed E-state index contributed by atoms with van der Waals surface area (Å²) in [5, 5.41) is 37.9. The molecule has 3 heterocycles. The van der Waals surface area contributed by atoms with Crippen molar-refractivity contribution in [3.8, 4) is 10.6 Å². The molecule has 0 unspecified atom stereocenters. The number of hydrogen-bond donors (Lipinski definition) is 5. The number of rotatable bonds is 6. The lowest BCUT2D eigenvalue weighted by Gasteiger charge is -2.22. The number of pyridine rings is 1. The summed E-state index contributed by atoms with van der Waals surface area (Å²) in [5.74, 6) is 0.636. The second-order valence-electron chi connectivity index (χ2n) is 10.4. The first kappa shape index (κ1) is 24.7. The van der Waals surface area contributed by atoms with Crippen molar-refractivity contribution in [2.24, 2.45) is 11.3 Å². The highest BCUT2D eigenvalue weighted by Gasteiger charge is 2.41. The number of aliphatic hydroxyl groups excluding tert-OH is 3. The van der Waals surface area contributed by atoms with Gasteiger partial charge in [-0.15, -0.1) is 11.3 Å². The van der Waals surface area contributed by atoms with Crippen molar-refractivity contribution in [3.63, 3.8) is 0 Å². The number of anilines is 2. The van der Waals surface area contributed by atoms with Crippen molar-refractivity contribution in [1.29, 1.82) is 0 Å². The fourth-order valence-corrected chi connectivity index (χ4v) is 5.53. The summed E-state index contributed by atoms with van der Waals surface area (Å²) >= 11 is 1.55. The number of aromatic nitrogens is 4. The largest absolute Gasteiger partial charge is 0.396 e. The second-order valence-corrected chi connectivity index (χ2v) is 11.4. The van der Waals surface area contributed by atoms with E-state index in [-0.39, 0.29) is 12.0 Å². The summed E-state index contributed by atoms with van der Waals surface area (Å²) in [5.41, 5.74) is 4.21.